The summed E-state index contributed by atoms with van der Waals surface area (Å²) in [6.07, 6.45) is 4.98. The van der Waals surface area contributed by atoms with E-state index in [9.17, 15) is 9.90 Å². The van der Waals surface area contributed by atoms with E-state index >= 15 is 0 Å². The summed E-state index contributed by atoms with van der Waals surface area (Å²) < 4.78 is 0. The number of hydrogen-bond donors (Lipinski definition) is 3. The number of nitrogens with one attached hydrogen (secondary N) is 2. The van der Waals surface area contributed by atoms with Crippen LogP contribution >= 0.6 is 0 Å². The first-order chi connectivity index (χ1) is 11.4. The number of aromatic nitrogens is 1. The third-order valence-corrected chi connectivity index (χ3v) is 4.94. The zero-order chi connectivity index (χ0) is 17.3. The Morgan fingerprint density at radius 3 is 2.83 bits per heavy atom. The van der Waals surface area contributed by atoms with Crippen LogP contribution in [0.3, 0.4) is 0 Å². The van der Waals surface area contributed by atoms with Crippen molar-refractivity contribution < 1.29 is 9.90 Å². The van der Waals surface area contributed by atoms with E-state index in [0.717, 1.165) is 18.4 Å². The molecule has 3 rings (SSSR count). The Morgan fingerprint density at radius 2 is 2.08 bits per heavy atom. The van der Waals surface area contributed by atoms with Crippen molar-refractivity contribution in [2.75, 3.05) is 6.54 Å². The van der Waals surface area contributed by atoms with Crippen LogP contribution in [0.25, 0.3) is 10.9 Å². The average Bonchev–Trinajstić information content (AvgIpc) is 2.89. The summed E-state index contributed by atoms with van der Waals surface area (Å²) in [6, 6.07) is 5.93. The number of H-pyrrole nitrogens is 1. The van der Waals surface area contributed by atoms with Crippen molar-refractivity contribution in [1.82, 2.24) is 10.3 Å². The van der Waals surface area contributed by atoms with Crippen LogP contribution in [0.2, 0.25) is 0 Å². The maximum absolute atomic E-state index is 12.5. The molecule has 4 heteroatoms. The van der Waals surface area contributed by atoms with Gasteiger partial charge in [0.1, 0.15) is 0 Å². The zero-order valence-electron chi connectivity index (χ0n) is 14.9. The second kappa shape index (κ2) is 6.60. The molecule has 4 nitrogen and oxygen atoms in total. The molecule has 0 spiro atoms. The smallest absolute Gasteiger partial charge is 0.251 e. The minimum absolute atomic E-state index is 0.0404. The van der Waals surface area contributed by atoms with Crippen LogP contribution in [0.1, 0.15) is 61.6 Å². The Balaban J connectivity index is 1.75. The molecular weight excluding hydrogens is 300 g/mol. The normalized spacial score (nSPS) is 16.0. The summed E-state index contributed by atoms with van der Waals surface area (Å²) in [7, 11) is 0. The van der Waals surface area contributed by atoms with E-state index in [4.69, 9.17) is 0 Å². The molecule has 0 saturated heterocycles. The summed E-state index contributed by atoms with van der Waals surface area (Å²) >= 11 is 0. The number of carbonyl (C=O) groups excluding carboxylic acids is 1. The SMILES string of the molecule is CC(O)CC(C)(C)CNC(=O)c1ccc2[nH]c3c(c2c1)CCCC3. The Hall–Kier alpha value is -1.81. The van der Waals surface area contributed by atoms with E-state index in [1.165, 1.54) is 29.5 Å². The lowest BCUT2D eigenvalue weighted by molar-refractivity contribution is 0.0902. The molecule has 1 aromatic carbocycles. The molecule has 2 aromatic rings. The molecule has 3 N–H and O–H groups in total. The standard InChI is InChI=1S/C20H28N2O2/c1-13(23)11-20(2,3)12-21-19(24)14-8-9-18-16(10-14)15-6-4-5-7-17(15)22-18/h8-10,13,22-23H,4-7,11-12H2,1-3H3,(H,21,24). The number of carbonyl (C=O) groups is 1. The fourth-order valence-corrected chi connectivity index (χ4v) is 3.84. The van der Waals surface area contributed by atoms with Gasteiger partial charge >= 0.3 is 0 Å². The van der Waals surface area contributed by atoms with Crippen LogP contribution in [0.4, 0.5) is 0 Å². The quantitative estimate of drug-likeness (QED) is 0.785. The van der Waals surface area contributed by atoms with E-state index < -0.39 is 0 Å². The van der Waals surface area contributed by atoms with Crippen LogP contribution in [-0.2, 0) is 12.8 Å². The molecule has 130 valence electrons. The number of amides is 1. The third kappa shape index (κ3) is 3.64. The zero-order valence-corrected chi connectivity index (χ0v) is 14.9. The van der Waals surface area contributed by atoms with Crippen LogP contribution < -0.4 is 5.32 Å². The van der Waals surface area contributed by atoms with Gasteiger partial charge < -0.3 is 15.4 Å². The van der Waals surface area contributed by atoms with Crippen molar-refractivity contribution in [2.24, 2.45) is 5.41 Å². The summed E-state index contributed by atoms with van der Waals surface area (Å²) in [5, 5.41) is 13.8. The molecule has 0 bridgehead atoms. The monoisotopic (exact) mass is 328 g/mol. The predicted octanol–water partition coefficient (Wildman–Crippen LogP) is 3.57. The molecular formula is C20H28N2O2. The first-order valence-corrected chi connectivity index (χ1v) is 8.95. The third-order valence-electron chi connectivity index (χ3n) is 4.94. The second-order valence-corrected chi connectivity index (χ2v) is 7.95. The lowest BCUT2D eigenvalue weighted by Crippen LogP contribution is -2.35. The highest BCUT2D eigenvalue weighted by Crippen LogP contribution is 2.29. The van der Waals surface area contributed by atoms with Gasteiger partial charge in [-0.25, -0.2) is 0 Å². The van der Waals surface area contributed by atoms with Gasteiger partial charge in [0.05, 0.1) is 6.10 Å². The number of rotatable bonds is 5. The first-order valence-electron chi connectivity index (χ1n) is 8.95. The Morgan fingerprint density at radius 1 is 1.33 bits per heavy atom. The molecule has 1 aliphatic rings. The van der Waals surface area contributed by atoms with Gasteiger partial charge in [0.25, 0.3) is 5.91 Å². The van der Waals surface area contributed by atoms with Crippen molar-refractivity contribution in [3.05, 3.63) is 35.0 Å². The number of aliphatic hydroxyl groups excluding tert-OH is 1. The lowest BCUT2D eigenvalue weighted by Gasteiger charge is -2.26. The molecule has 0 saturated carbocycles. The van der Waals surface area contributed by atoms with Crippen molar-refractivity contribution in [1.29, 1.82) is 0 Å². The summed E-state index contributed by atoms with van der Waals surface area (Å²) in [4.78, 5) is 16.0. The van der Waals surface area contributed by atoms with Gasteiger partial charge in [0, 0.05) is 28.7 Å². The molecule has 1 aromatic heterocycles. The van der Waals surface area contributed by atoms with Crippen molar-refractivity contribution >= 4 is 16.8 Å². The molecule has 1 unspecified atom stereocenters. The summed E-state index contributed by atoms with van der Waals surface area (Å²) in [5.74, 6) is -0.0404. The van der Waals surface area contributed by atoms with Gasteiger partial charge in [0.15, 0.2) is 0 Å². The van der Waals surface area contributed by atoms with Crippen LogP contribution in [-0.4, -0.2) is 28.6 Å². The molecule has 1 aliphatic carbocycles. The number of hydrogen-bond acceptors (Lipinski definition) is 2. The minimum Gasteiger partial charge on any atom is -0.393 e. The molecule has 24 heavy (non-hydrogen) atoms. The maximum Gasteiger partial charge on any atom is 0.251 e. The Bertz CT molecular complexity index is 743. The Kier molecular flexibility index (Phi) is 4.68. The van der Waals surface area contributed by atoms with Crippen molar-refractivity contribution in [3.8, 4) is 0 Å². The highest BCUT2D eigenvalue weighted by molar-refractivity contribution is 5.99. The summed E-state index contributed by atoms with van der Waals surface area (Å²) in [6.45, 7) is 6.46. The topological polar surface area (TPSA) is 65.1 Å². The van der Waals surface area contributed by atoms with Crippen molar-refractivity contribution in [2.45, 2.75) is 59.0 Å². The fraction of sp³-hybridized carbons (Fsp3) is 0.550. The highest BCUT2D eigenvalue weighted by atomic mass is 16.3. The first kappa shape index (κ1) is 17.0. The highest BCUT2D eigenvalue weighted by Gasteiger charge is 2.22. The Labute approximate surface area is 143 Å². The van der Waals surface area contributed by atoms with Gasteiger partial charge in [-0.1, -0.05) is 13.8 Å². The van der Waals surface area contributed by atoms with E-state index in [0.29, 0.717) is 18.5 Å². The minimum atomic E-state index is -0.361. The number of aliphatic hydroxyl groups is 1. The second-order valence-electron chi connectivity index (χ2n) is 7.95. The van der Waals surface area contributed by atoms with Crippen LogP contribution in [0, 0.1) is 5.41 Å². The van der Waals surface area contributed by atoms with Gasteiger partial charge in [-0.2, -0.15) is 0 Å². The molecule has 1 amide bonds. The number of aromatic amines is 1. The maximum atomic E-state index is 12.5. The van der Waals surface area contributed by atoms with Crippen LogP contribution in [0.5, 0.6) is 0 Å². The van der Waals surface area contributed by atoms with E-state index in [-0.39, 0.29) is 17.4 Å². The largest absolute Gasteiger partial charge is 0.393 e. The van der Waals surface area contributed by atoms with E-state index in [1.807, 2.05) is 18.2 Å². The van der Waals surface area contributed by atoms with Gasteiger partial charge in [-0.05, 0) is 68.2 Å². The number of fused-ring (bicyclic) bond motifs is 3. The van der Waals surface area contributed by atoms with Gasteiger partial charge in [-0.3, -0.25) is 4.79 Å². The predicted molar refractivity (Wildman–Crippen MR) is 97.4 cm³/mol. The molecule has 0 aliphatic heterocycles. The average molecular weight is 328 g/mol. The van der Waals surface area contributed by atoms with Crippen molar-refractivity contribution in [3.63, 3.8) is 0 Å². The number of aryl methyl sites for hydroxylation is 2. The summed E-state index contributed by atoms with van der Waals surface area (Å²) in [5.41, 5.74) is 4.45. The molecule has 0 radical (unpaired) electrons. The van der Waals surface area contributed by atoms with Crippen LogP contribution in [0.15, 0.2) is 18.2 Å². The lowest BCUT2D eigenvalue weighted by atomic mass is 9.87. The molecule has 0 fully saturated rings. The fourth-order valence-electron chi connectivity index (χ4n) is 3.84. The van der Waals surface area contributed by atoms with Gasteiger partial charge in [-0.15, -0.1) is 0 Å². The van der Waals surface area contributed by atoms with E-state index in [1.54, 1.807) is 6.92 Å². The molecule has 1 atom stereocenters. The number of benzene rings is 1. The van der Waals surface area contributed by atoms with Gasteiger partial charge in [0.2, 0.25) is 0 Å². The molecule has 1 heterocycles. The van der Waals surface area contributed by atoms with E-state index in [2.05, 4.69) is 24.1 Å².